The van der Waals surface area contributed by atoms with Gasteiger partial charge < -0.3 is 5.32 Å². The summed E-state index contributed by atoms with van der Waals surface area (Å²) in [7, 11) is 0. The number of nitrogens with zero attached hydrogens (tertiary/aromatic N) is 1. The number of benzene rings is 1. The molecule has 5 nitrogen and oxygen atoms in total. The van der Waals surface area contributed by atoms with Gasteiger partial charge in [-0.1, -0.05) is 42.1 Å². The van der Waals surface area contributed by atoms with Gasteiger partial charge in [0.25, 0.3) is 0 Å². The first-order chi connectivity index (χ1) is 10.5. The van der Waals surface area contributed by atoms with E-state index in [-0.39, 0.29) is 11.2 Å². The number of urea groups is 1. The number of thioether (sulfide) groups is 1. The molecule has 1 atom stereocenters. The van der Waals surface area contributed by atoms with E-state index in [1.54, 1.807) is 6.92 Å². The number of nitrogens with one attached hydrogen (secondary N) is 2. The Morgan fingerprint density at radius 1 is 1.32 bits per heavy atom. The predicted molar refractivity (Wildman–Crippen MR) is 89.0 cm³/mol. The van der Waals surface area contributed by atoms with E-state index in [4.69, 9.17) is 0 Å². The molecule has 2 aromatic rings. The number of amides is 3. The van der Waals surface area contributed by atoms with Crippen molar-refractivity contribution in [1.82, 2.24) is 15.6 Å². The summed E-state index contributed by atoms with van der Waals surface area (Å²) < 4.78 is 0.824. The third-order valence-corrected chi connectivity index (χ3v) is 4.97. The van der Waals surface area contributed by atoms with Crippen LogP contribution in [0.25, 0.3) is 0 Å². The van der Waals surface area contributed by atoms with Crippen LogP contribution < -0.4 is 10.6 Å². The van der Waals surface area contributed by atoms with Crippen LogP contribution >= 0.6 is 23.1 Å². The number of hydrogen-bond acceptors (Lipinski definition) is 5. The van der Waals surface area contributed by atoms with Crippen LogP contribution in [0.3, 0.4) is 0 Å². The van der Waals surface area contributed by atoms with Crippen molar-refractivity contribution >= 4 is 35.0 Å². The van der Waals surface area contributed by atoms with Crippen LogP contribution in [0, 0.1) is 6.92 Å². The Morgan fingerprint density at radius 2 is 2.05 bits per heavy atom. The fourth-order valence-corrected chi connectivity index (χ4v) is 3.61. The van der Waals surface area contributed by atoms with E-state index in [0.29, 0.717) is 6.54 Å². The lowest BCUT2D eigenvalue weighted by Crippen LogP contribution is -2.42. The molecule has 0 aliphatic heterocycles. The maximum atomic E-state index is 12.0. The molecule has 0 saturated heterocycles. The Bertz CT molecular complexity index is 643. The van der Waals surface area contributed by atoms with E-state index in [1.807, 2.05) is 42.6 Å². The van der Waals surface area contributed by atoms with Crippen molar-refractivity contribution in [2.75, 3.05) is 0 Å². The highest BCUT2D eigenvalue weighted by molar-refractivity contribution is 8.02. The molecule has 0 spiro atoms. The highest BCUT2D eigenvalue weighted by Gasteiger charge is 2.18. The van der Waals surface area contributed by atoms with Crippen LogP contribution in [0.4, 0.5) is 4.79 Å². The average Bonchev–Trinajstić information content (AvgIpc) is 2.91. The average molecular weight is 335 g/mol. The molecule has 22 heavy (non-hydrogen) atoms. The quantitative estimate of drug-likeness (QED) is 0.824. The van der Waals surface area contributed by atoms with Gasteiger partial charge in [-0.05, 0) is 19.4 Å². The monoisotopic (exact) mass is 335 g/mol. The molecule has 0 aliphatic carbocycles. The highest BCUT2D eigenvalue weighted by Crippen LogP contribution is 2.26. The number of imide groups is 1. The van der Waals surface area contributed by atoms with Crippen molar-refractivity contribution in [3.8, 4) is 0 Å². The van der Waals surface area contributed by atoms with Crippen LogP contribution in [-0.2, 0) is 11.3 Å². The summed E-state index contributed by atoms with van der Waals surface area (Å²) in [5.74, 6) is -0.330. The van der Waals surface area contributed by atoms with Crippen LogP contribution in [-0.4, -0.2) is 22.2 Å². The number of carbonyl (C=O) groups is 2. The van der Waals surface area contributed by atoms with Crippen LogP contribution in [0.5, 0.6) is 0 Å². The molecule has 116 valence electrons. The molecular weight excluding hydrogens is 318 g/mol. The zero-order chi connectivity index (χ0) is 15.9. The normalized spacial score (nSPS) is 11.7. The molecule has 2 N–H and O–H groups in total. The molecule has 2 rings (SSSR count). The number of carbonyl (C=O) groups excluding carboxylic acids is 2. The molecule has 1 heterocycles. The Kier molecular flexibility index (Phi) is 5.97. The fraction of sp³-hybridized carbons (Fsp3) is 0.267. The molecule has 0 bridgehead atoms. The molecule has 3 amide bonds. The first-order valence-corrected chi connectivity index (χ1v) is 8.52. The Morgan fingerprint density at radius 3 is 2.68 bits per heavy atom. The van der Waals surface area contributed by atoms with Gasteiger partial charge in [0.15, 0.2) is 4.34 Å². The molecule has 0 unspecified atom stereocenters. The highest BCUT2D eigenvalue weighted by atomic mass is 32.2. The summed E-state index contributed by atoms with van der Waals surface area (Å²) in [5, 5.41) is 6.55. The zero-order valence-corrected chi connectivity index (χ0v) is 14.0. The van der Waals surface area contributed by atoms with Crippen molar-refractivity contribution in [2.45, 2.75) is 30.0 Å². The zero-order valence-electron chi connectivity index (χ0n) is 12.3. The second-order valence-corrected chi connectivity index (χ2v) is 7.12. The summed E-state index contributed by atoms with van der Waals surface area (Å²) in [6, 6.07) is 9.03. The van der Waals surface area contributed by atoms with Gasteiger partial charge in [0.1, 0.15) is 0 Å². The second-order valence-electron chi connectivity index (χ2n) is 4.67. The van der Waals surface area contributed by atoms with E-state index in [1.165, 1.54) is 23.1 Å². The molecule has 0 aliphatic rings. The Balaban J connectivity index is 1.76. The van der Waals surface area contributed by atoms with E-state index < -0.39 is 6.03 Å². The minimum Gasteiger partial charge on any atom is -0.334 e. The van der Waals surface area contributed by atoms with E-state index in [2.05, 4.69) is 15.6 Å². The topological polar surface area (TPSA) is 71.1 Å². The molecular formula is C15H17N3O2S2. The van der Waals surface area contributed by atoms with Gasteiger partial charge in [-0.15, -0.1) is 11.3 Å². The van der Waals surface area contributed by atoms with Crippen LogP contribution in [0.2, 0.25) is 0 Å². The summed E-state index contributed by atoms with van der Waals surface area (Å²) >= 11 is 2.84. The SMILES string of the molecule is Cc1csc(S[C@@H](C)C(=O)NC(=O)NCc2ccccc2)n1. The van der Waals surface area contributed by atoms with Crippen LogP contribution in [0.15, 0.2) is 40.1 Å². The van der Waals surface area contributed by atoms with E-state index in [0.717, 1.165) is 15.6 Å². The maximum absolute atomic E-state index is 12.0. The minimum atomic E-state index is -0.489. The summed E-state index contributed by atoms with van der Waals surface area (Å²) in [6.45, 7) is 4.04. The van der Waals surface area contributed by atoms with Crippen LogP contribution in [0.1, 0.15) is 18.2 Å². The lowest BCUT2D eigenvalue weighted by atomic mass is 10.2. The largest absolute Gasteiger partial charge is 0.334 e. The smallest absolute Gasteiger partial charge is 0.321 e. The van der Waals surface area contributed by atoms with E-state index >= 15 is 0 Å². The molecule has 1 aromatic heterocycles. The lowest BCUT2D eigenvalue weighted by molar-refractivity contribution is -0.119. The van der Waals surface area contributed by atoms with Gasteiger partial charge in [-0.2, -0.15) is 0 Å². The summed E-state index contributed by atoms with van der Waals surface area (Å²) in [5.41, 5.74) is 1.91. The van der Waals surface area contributed by atoms with Gasteiger partial charge in [0, 0.05) is 17.6 Å². The van der Waals surface area contributed by atoms with Gasteiger partial charge in [0.05, 0.1) is 5.25 Å². The number of aromatic nitrogens is 1. The third kappa shape index (κ3) is 5.16. The number of aryl methyl sites for hydroxylation is 1. The van der Waals surface area contributed by atoms with E-state index in [9.17, 15) is 9.59 Å². The minimum absolute atomic E-state index is 0.330. The molecule has 1 aromatic carbocycles. The second kappa shape index (κ2) is 7.95. The lowest BCUT2D eigenvalue weighted by Gasteiger charge is -2.10. The number of hydrogen-bond donors (Lipinski definition) is 2. The van der Waals surface area contributed by atoms with Crippen molar-refractivity contribution in [2.24, 2.45) is 0 Å². The standard InChI is InChI=1S/C15H17N3O2S2/c1-10-9-21-15(17-10)22-11(2)13(19)18-14(20)16-8-12-6-4-3-5-7-12/h3-7,9,11H,8H2,1-2H3,(H2,16,18,19,20)/t11-/m0/s1. The Labute approximate surface area is 137 Å². The van der Waals surface area contributed by atoms with Crippen molar-refractivity contribution in [3.05, 3.63) is 47.0 Å². The van der Waals surface area contributed by atoms with Gasteiger partial charge in [-0.3, -0.25) is 10.1 Å². The van der Waals surface area contributed by atoms with Gasteiger partial charge in [-0.25, -0.2) is 9.78 Å². The number of thiazole rings is 1. The van der Waals surface area contributed by atoms with Gasteiger partial charge in [0.2, 0.25) is 5.91 Å². The van der Waals surface area contributed by atoms with Gasteiger partial charge >= 0.3 is 6.03 Å². The van der Waals surface area contributed by atoms with Crippen molar-refractivity contribution < 1.29 is 9.59 Å². The molecule has 7 heteroatoms. The third-order valence-electron chi connectivity index (χ3n) is 2.78. The first kappa shape index (κ1) is 16.5. The summed E-state index contributed by atoms with van der Waals surface area (Å²) in [4.78, 5) is 28.0. The van der Waals surface area contributed by atoms with Crippen molar-refractivity contribution in [1.29, 1.82) is 0 Å². The predicted octanol–water partition coefficient (Wildman–Crippen LogP) is 2.96. The molecule has 0 saturated carbocycles. The first-order valence-electron chi connectivity index (χ1n) is 6.76. The summed E-state index contributed by atoms with van der Waals surface area (Å²) in [6.07, 6.45) is 0. The maximum Gasteiger partial charge on any atom is 0.321 e. The number of rotatable bonds is 5. The molecule has 0 fully saturated rings. The fourth-order valence-electron chi connectivity index (χ4n) is 1.63. The van der Waals surface area contributed by atoms with Crippen molar-refractivity contribution in [3.63, 3.8) is 0 Å². The molecule has 0 radical (unpaired) electrons. The Hall–Kier alpha value is -1.86.